The molecule has 0 bridgehead atoms. The second kappa shape index (κ2) is 15.2. The molecule has 0 aromatic heterocycles. The summed E-state index contributed by atoms with van der Waals surface area (Å²) in [6.07, 6.45) is 12.6. The topological polar surface area (TPSA) is 82.9 Å². The van der Waals surface area contributed by atoms with Crippen LogP contribution in [0.5, 0.6) is 0 Å². The average molecular weight is 515 g/mol. The van der Waals surface area contributed by atoms with Gasteiger partial charge in [-0.15, -0.1) is 0 Å². The molecule has 202 valence electrons. The van der Waals surface area contributed by atoms with E-state index in [2.05, 4.69) is 81.7 Å². The van der Waals surface area contributed by atoms with E-state index in [0.29, 0.717) is 24.7 Å². The van der Waals surface area contributed by atoms with E-state index in [9.17, 15) is 9.59 Å². The van der Waals surface area contributed by atoms with E-state index in [4.69, 9.17) is 0 Å². The monoisotopic (exact) mass is 514 g/mol. The van der Waals surface area contributed by atoms with Gasteiger partial charge in [0.25, 0.3) is 0 Å². The summed E-state index contributed by atoms with van der Waals surface area (Å²) in [4.78, 5) is 24.3. The molecule has 38 heavy (non-hydrogen) atoms. The van der Waals surface area contributed by atoms with Crippen LogP contribution in [0, 0.1) is 0 Å². The number of rotatable bonds is 11. The molecule has 0 aliphatic heterocycles. The molecule has 2 aromatic carbocycles. The smallest absolute Gasteiger partial charge is 0.240 e. The van der Waals surface area contributed by atoms with E-state index in [1.165, 1.54) is 11.1 Å². The van der Waals surface area contributed by atoms with Crippen molar-refractivity contribution in [3.63, 3.8) is 0 Å². The van der Waals surface area contributed by atoms with Gasteiger partial charge in [-0.1, -0.05) is 73.5 Å². The summed E-state index contributed by atoms with van der Waals surface area (Å²) in [5.41, 5.74) is 10.5. The highest BCUT2D eigenvalue weighted by Gasteiger charge is 2.20. The number of nitrogens with zero attached hydrogens (tertiary/aromatic N) is 2. The zero-order valence-corrected chi connectivity index (χ0v) is 22.5. The minimum absolute atomic E-state index is 0.0155. The fourth-order valence-electron chi connectivity index (χ4n) is 5.56. The maximum atomic E-state index is 12.2. The zero-order chi connectivity index (χ0) is 26.4. The van der Waals surface area contributed by atoms with E-state index in [1.54, 1.807) is 0 Å². The molecule has 0 radical (unpaired) electrons. The summed E-state index contributed by atoms with van der Waals surface area (Å²) in [7, 11) is 0. The van der Waals surface area contributed by atoms with Gasteiger partial charge in [0.05, 0.1) is 0 Å². The second-order valence-corrected chi connectivity index (χ2v) is 10.7. The third kappa shape index (κ3) is 9.23. The van der Waals surface area contributed by atoms with Crippen molar-refractivity contribution in [2.24, 2.45) is 10.2 Å². The van der Waals surface area contributed by atoms with Crippen LogP contribution in [0.3, 0.4) is 0 Å². The maximum absolute atomic E-state index is 12.2. The predicted octanol–water partition coefficient (Wildman–Crippen LogP) is 6.99. The van der Waals surface area contributed by atoms with Gasteiger partial charge in [0.15, 0.2) is 0 Å². The lowest BCUT2D eigenvalue weighted by Crippen LogP contribution is -2.22. The largest absolute Gasteiger partial charge is 0.273 e. The van der Waals surface area contributed by atoms with Crippen molar-refractivity contribution in [2.75, 3.05) is 0 Å². The summed E-state index contributed by atoms with van der Waals surface area (Å²) in [5, 5.41) is 8.76. The maximum Gasteiger partial charge on any atom is 0.240 e. The summed E-state index contributed by atoms with van der Waals surface area (Å²) < 4.78 is 0. The first kappa shape index (κ1) is 27.7. The average Bonchev–Trinajstić information content (AvgIpc) is 2.98. The summed E-state index contributed by atoms with van der Waals surface area (Å²) >= 11 is 0. The highest BCUT2D eigenvalue weighted by Crippen LogP contribution is 2.32. The Bertz CT molecular complexity index is 974. The van der Waals surface area contributed by atoms with Crippen LogP contribution in [-0.2, 0) is 9.59 Å². The third-order valence-corrected chi connectivity index (χ3v) is 7.90. The minimum Gasteiger partial charge on any atom is -0.273 e. The minimum atomic E-state index is -0.0155. The molecule has 2 fully saturated rings. The quantitative estimate of drug-likeness (QED) is 0.250. The molecule has 0 atom stereocenters. The molecule has 2 amide bonds. The molecule has 6 nitrogen and oxygen atoms in total. The van der Waals surface area contributed by atoms with Gasteiger partial charge in [0.1, 0.15) is 0 Å². The number of hydrazone groups is 2. The number of carbonyl (C=O) groups is 2. The van der Waals surface area contributed by atoms with Gasteiger partial charge in [0, 0.05) is 24.3 Å². The van der Waals surface area contributed by atoms with Crippen molar-refractivity contribution >= 4 is 23.2 Å². The molecule has 2 saturated carbocycles. The third-order valence-electron chi connectivity index (χ3n) is 7.90. The first-order valence-electron chi connectivity index (χ1n) is 14.5. The highest BCUT2D eigenvalue weighted by atomic mass is 16.2. The number of amides is 2. The van der Waals surface area contributed by atoms with Crippen LogP contribution in [0.15, 0.2) is 70.9 Å². The Balaban J connectivity index is 1.01. The number of benzene rings is 2. The Morgan fingerprint density at radius 3 is 1.32 bits per heavy atom. The van der Waals surface area contributed by atoms with Gasteiger partial charge in [-0.05, 0) is 87.2 Å². The Kier molecular flexibility index (Phi) is 11.1. The van der Waals surface area contributed by atoms with Crippen molar-refractivity contribution in [3.8, 4) is 0 Å². The van der Waals surface area contributed by atoms with Crippen LogP contribution in [0.4, 0.5) is 0 Å². The number of nitrogens with one attached hydrogen (secondary N) is 2. The Morgan fingerprint density at radius 1 is 0.579 bits per heavy atom. The normalized spacial score (nSPS) is 19.5. The molecule has 0 heterocycles. The van der Waals surface area contributed by atoms with Crippen molar-refractivity contribution in [2.45, 2.75) is 102 Å². The van der Waals surface area contributed by atoms with E-state index in [1.807, 2.05) is 0 Å². The first-order chi connectivity index (χ1) is 18.7. The van der Waals surface area contributed by atoms with E-state index in [-0.39, 0.29) is 11.8 Å². The zero-order valence-electron chi connectivity index (χ0n) is 22.5. The first-order valence-corrected chi connectivity index (χ1v) is 14.5. The van der Waals surface area contributed by atoms with Gasteiger partial charge < -0.3 is 0 Å². The lowest BCUT2D eigenvalue weighted by Gasteiger charge is -2.23. The van der Waals surface area contributed by atoms with Crippen LogP contribution >= 0.6 is 0 Å². The van der Waals surface area contributed by atoms with Gasteiger partial charge in [-0.3, -0.25) is 9.59 Å². The van der Waals surface area contributed by atoms with E-state index < -0.39 is 0 Å². The molecule has 2 aromatic rings. The van der Waals surface area contributed by atoms with Crippen molar-refractivity contribution in [1.29, 1.82) is 0 Å². The fourth-order valence-corrected chi connectivity index (χ4v) is 5.56. The molecule has 0 unspecified atom stereocenters. The molecular weight excluding hydrogens is 472 g/mol. The molecule has 0 spiro atoms. The molecule has 0 saturated heterocycles. The Hall–Kier alpha value is -3.28. The number of carbonyl (C=O) groups excluding carboxylic acids is 2. The van der Waals surface area contributed by atoms with Crippen molar-refractivity contribution in [1.82, 2.24) is 10.9 Å². The van der Waals surface area contributed by atoms with E-state index in [0.717, 1.165) is 88.5 Å². The lowest BCUT2D eigenvalue weighted by atomic mass is 9.83. The molecule has 6 heteroatoms. The number of unbranched alkanes of at least 4 members (excludes halogenated alkanes) is 3. The van der Waals surface area contributed by atoms with E-state index >= 15 is 0 Å². The Labute approximate surface area is 227 Å². The van der Waals surface area contributed by atoms with Crippen LogP contribution in [0.1, 0.15) is 113 Å². The summed E-state index contributed by atoms with van der Waals surface area (Å²) in [5.74, 6) is 1.16. The molecule has 2 N–H and O–H groups in total. The molecule has 2 aliphatic rings. The van der Waals surface area contributed by atoms with Crippen LogP contribution in [-0.4, -0.2) is 23.2 Å². The summed E-state index contributed by atoms with van der Waals surface area (Å²) in [6.45, 7) is 0. The number of hydrogen-bond acceptors (Lipinski definition) is 4. The molecule has 2 aliphatic carbocycles. The standard InChI is InChI=1S/C32H42N4O2/c37-31(35-33-29-21-17-27(18-22-29)25-11-5-3-6-12-25)15-9-1-2-10-16-32(38)36-34-30-23-19-28(20-24-30)26-13-7-4-8-14-26/h3-8,11-14,27-28H,1-2,9-10,15-24H2,(H,35,37)(H,36,38). The molecule has 4 rings (SSSR count). The van der Waals surface area contributed by atoms with Crippen molar-refractivity contribution in [3.05, 3.63) is 71.8 Å². The number of hydrogen-bond donors (Lipinski definition) is 2. The van der Waals surface area contributed by atoms with Crippen LogP contribution in [0.25, 0.3) is 0 Å². The lowest BCUT2D eigenvalue weighted by molar-refractivity contribution is -0.122. The SMILES string of the molecule is O=C(CCCCCCC(=O)NN=C1CCC(c2ccccc2)CC1)NN=C1CCC(c2ccccc2)CC1. The highest BCUT2D eigenvalue weighted by molar-refractivity contribution is 5.87. The van der Waals surface area contributed by atoms with Crippen LogP contribution in [0.2, 0.25) is 0 Å². The van der Waals surface area contributed by atoms with Crippen molar-refractivity contribution < 1.29 is 9.59 Å². The van der Waals surface area contributed by atoms with Gasteiger partial charge in [0.2, 0.25) is 11.8 Å². The Morgan fingerprint density at radius 2 is 0.947 bits per heavy atom. The fraction of sp³-hybridized carbons (Fsp3) is 0.500. The van der Waals surface area contributed by atoms with Gasteiger partial charge in [-0.2, -0.15) is 10.2 Å². The molecular formula is C32H42N4O2. The van der Waals surface area contributed by atoms with Gasteiger partial charge >= 0.3 is 0 Å². The predicted molar refractivity (Wildman–Crippen MR) is 154 cm³/mol. The summed E-state index contributed by atoms with van der Waals surface area (Å²) in [6, 6.07) is 21.3. The van der Waals surface area contributed by atoms with Crippen LogP contribution < -0.4 is 10.9 Å². The second-order valence-electron chi connectivity index (χ2n) is 10.7. The van der Waals surface area contributed by atoms with Gasteiger partial charge in [-0.25, -0.2) is 10.9 Å².